The Balaban J connectivity index is 3.32. The molecular weight excluding hydrogens is 152 g/mol. The maximum atomic E-state index is 10.5. The lowest BCUT2D eigenvalue weighted by Gasteiger charge is -2.09. The third-order valence-corrected chi connectivity index (χ3v) is 1.78. The SMILES string of the molecule is CCCCCC(C=O)OCCC. The summed E-state index contributed by atoms with van der Waals surface area (Å²) in [5.74, 6) is 0. The Hall–Kier alpha value is -0.370. The van der Waals surface area contributed by atoms with E-state index in [9.17, 15) is 4.79 Å². The molecule has 0 N–H and O–H groups in total. The first kappa shape index (κ1) is 11.6. The van der Waals surface area contributed by atoms with Crippen molar-refractivity contribution in [2.45, 2.75) is 52.1 Å². The van der Waals surface area contributed by atoms with Crippen molar-refractivity contribution < 1.29 is 9.53 Å². The van der Waals surface area contributed by atoms with Gasteiger partial charge in [0.05, 0.1) is 0 Å². The summed E-state index contributed by atoms with van der Waals surface area (Å²) in [5, 5.41) is 0. The van der Waals surface area contributed by atoms with Gasteiger partial charge >= 0.3 is 0 Å². The molecule has 2 heteroatoms. The van der Waals surface area contributed by atoms with Gasteiger partial charge in [0.25, 0.3) is 0 Å². The van der Waals surface area contributed by atoms with Crippen molar-refractivity contribution in [1.82, 2.24) is 0 Å². The van der Waals surface area contributed by atoms with E-state index in [-0.39, 0.29) is 6.10 Å². The number of rotatable bonds is 8. The fourth-order valence-electron chi connectivity index (χ4n) is 1.06. The maximum Gasteiger partial charge on any atom is 0.148 e. The summed E-state index contributed by atoms with van der Waals surface area (Å²) in [5.41, 5.74) is 0. The number of ether oxygens (including phenoxy) is 1. The minimum absolute atomic E-state index is 0.156. The Kier molecular flexibility index (Phi) is 8.46. The molecule has 0 spiro atoms. The molecule has 0 heterocycles. The van der Waals surface area contributed by atoms with Crippen LogP contribution in [0.25, 0.3) is 0 Å². The van der Waals surface area contributed by atoms with Crippen molar-refractivity contribution in [2.75, 3.05) is 6.61 Å². The lowest BCUT2D eigenvalue weighted by Crippen LogP contribution is -2.14. The van der Waals surface area contributed by atoms with Crippen LogP contribution in [-0.2, 0) is 9.53 Å². The van der Waals surface area contributed by atoms with Crippen molar-refractivity contribution in [2.24, 2.45) is 0 Å². The van der Waals surface area contributed by atoms with Gasteiger partial charge in [-0.05, 0) is 12.8 Å². The first-order valence-corrected chi connectivity index (χ1v) is 4.92. The zero-order valence-electron chi connectivity index (χ0n) is 8.21. The van der Waals surface area contributed by atoms with Gasteiger partial charge in [-0.1, -0.05) is 33.1 Å². The molecule has 0 saturated carbocycles. The number of hydrogen-bond acceptors (Lipinski definition) is 2. The van der Waals surface area contributed by atoms with Crippen molar-refractivity contribution in [1.29, 1.82) is 0 Å². The van der Waals surface area contributed by atoms with Crippen LogP contribution in [0.3, 0.4) is 0 Å². The van der Waals surface area contributed by atoms with Crippen LogP contribution in [0, 0.1) is 0 Å². The Bertz CT molecular complexity index is 102. The van der Waals surface area contributed by atoms with Crippen LogP contribution in [-0.4, -0.2) is 19.0 Å². The lowest BCUT2D eigenvalue weighted by atomic mass is 10.1. The molecule has 0 aromatic carbocycles. The van der Waals surface area contributed by atoms with Gasteiger partial charge in [-0.25, -0.2) is 0 Å². The monoisotopic (exact) mass is 172 g/mol. The molecule has 0 bridgehead atoms. The van der Waals surface area contributed by atoms with E-state index in [4.69, 9.17) is 4.74 Å². The largest absolute Gasteiger partial charge is 0.371 e. The molecule has 12 heavy (non-hydrogen) atoms. The number of carbonyl (C=O) groups is 1. The van der Waals surface area contributed by atoms with Crippen LogP contribution < -0.4 is 0 Å². The van der Waals surface area contributed by atoms with E-state index in [2.05, 4.69) is 6.92 Å². The third-order valence-electron chi connectivity index (χ3n) is 1.78. The highest BCUT2D eigenvalue weighted by atomic mass is 16.5. The predicted molar refractivity (Wildman–Crippen MR) is 50.2 cm³/mol. The second-order valence-electron chi connectivity index (χ2n) is 3.04. The molecule has 0 aromatic rings. The van der Waals surface area contributed by atoms with Crippen molar-refractivity contribution in [3.05, 3.63) is 0 Å². The van der Waals surface area contributed by atoms with Crippen LogP contribution >= 0.6 is 0 Å². The Morgan fingerprint density at radius 2 is 2.00 bits per heavy atom. The van der Waals surface area contributed by atoms with Gasteiger partial charge in [0.1, 0.15) is 12.4 Å². The molecular formula is C10H20O2. The minimum atomic E-state index is -0.156. The second kappa shape index (κ2) is 8.72. The molecule has 0 aliphatic rings. The fourth-order valence-corrected chi connectivity index (χ4v) is 1.06. The van der Waals surface area contributed by atoms with Gasteiger partial charge in [0.15, 0.2) is 0 Å². The van der Waals surface area contributed by atoms with E-state index in [1.54, 1.807) is 0 Å². The van der Waals surface area contributed by atoms with Crippen LogP contribution in [0.1, 0.15) is 46.0 Å². The van der Waals surface area contributed by atoms with Gasteiger partial charge in [-0.2, -0.15) is 0 Å². The Morgan fingerprint density at radius 1 is 1.25 bits per heavy atom. The van der Waals surface area contributed by atoms with Crippen molar-refractivity contribution >= 4 is 6.29 Å². The zero-order chi connectivity index (χ0) is 9.23. The lowest BCUT2D eigenvalue weighted by molar-refractivity contribution is -0.118. The molecule has 0 fully saturated rings. The molecule has 0 amide bonds. The van der Waals surface area contributed by atoms with Crippen LogP contribution in [0.2, 0.25) is 0 Å². The normalized spacial score (nSPS) is 12.8. The summed E-state index contributed by atoms with van der Waals surface area (Å²) in [6, 6.07) is 0. The summed E-state index contributed by atoms with van der Waals surface area (Å²) in [4.78, 5) is 10.5. The molecule has 1 unspecified atom stereocenters. The van der Waals surface area contributed by atoms with E-state index >= 15 is 0 Å². The van der Waals surface area contributed by atoms with Gasteiger partial charge in [0.2, 0.25) is 0 Å². The van der Waals surface area contributed by atoms with Crippen molar-refractivity contribution in [3.63, 3.8) is 0 Å². The molecule has 0 rings (SSSR count). The molecule has 0 radical (unpaired) electrons. The van der Waals surface area contributed by atoms with E-state index in [1.807, 2.05) is 6.92 Å². The first-order valence-electron chi connectivity index (χ1n) is 4.92. The number of aldehydes is 1. The average molecular weight is 172 g/mol. The quantitative estimate of drug-likeness (QED) is 0.415. The Morgan fingerprint density at radius 3 is 2.50 bits per heavy atom. The standard InChI is InChI=1S/C10H20O2/c1-3-5-6-7-10(9-11)12-8-4-2/h9-10H,3-8H2,1-2H3. The smallest absolute Gasteiger partial charge is 0.148 e. The highest BCUT2D eigenvalue weighted by molar-refractivity contribution is 5.55. The Labute approximate surface area is 75.3 Å². The number of carbonyl (C=O) groups excluding carboxylic acids is 1. The summed E-state index contributed by atoms with van der Waals surface area (Å²) in [6.45, 7) is 4.91. The summed E-state index contributed by atoms with van der Waals surface area (Å²) in [6.07, 6.45) is 6.13. The van der Waals surface area contributed by atoms with E-state index in [1.165, 1.54) is 12.8 Å². The van der Waals surface area contributed by atoms with Gasteiger partial charge in [-0.3, -0.25) is 0 Å². The summed E-state index contributed by atoms with van der Waals surface area (Å²) >= 11 is 0. The van der Waals surface area contributed by atoms with Gasteiger partial charge in [0, 0.05) is 6.61 Å². The topological polar surface area (TPSA) is 26.3 Å². The molecule has 2 nitrogen and oxygen atoms in total. The molecule has 72 valence electrons. The van der Waals surface area contributed by atoms with E-state index < -0.39 is 0 Å². The first-order chi connectivity index (χ1) is 5.85. The zero-order valence-corrected chi connectivity index (χ0v) is 8.21. The summed E-state index contributed by atoms with van der Waals surface area (Å²) < 4.78 is 5.32. The third kappa shape index (κ3) is 6.35. The van der Waals surface area contributed by atoms with E-state index in [0.717, 1.165) is 25.5 Å². The number of unbranched alkanes of at least 4 members (excludes halogenated alkanes) is 2. The maximum absolute atomic E-state index is 10.5. The number of hydrogen-bond donors (Lipinski definition) is 0. The molecule has 0 aliphatic heterocycles. The molecule has 0 saturated heterocycles. The van der Waals surface area contributed by atoms with Crippen molar-refractivity contribution in [3.8, 4) is 0 Å². The summed E-state index contributed by atoms with van der Waals surface area (Å²) in [7, 11) is 0. The van der Waals surface area contributed by atoms with Crippen LogP contribution in [0.4, 0.5) is 0 Å². The van der Waals surface area contributed by atoms with E-state index in [0.29, 0.717) is 6.61 Å². The van der Waals surface area contributed by atoms with Gasteiger partial charge in [-0.15, -0.1) is 0 Å². The minimum Gasteiger partial charge on any atom is -0.371 e. The molecule has 0 aliphatic carbocycles. The average Bonchev–Trinajstić information content (AvgIpc) is 2.11. The predicted octanol–water partition coefficient (Wildman–Crippen LogP) is 2.56. The van der Waals surface area contributed by atoms with Crippen LogP contribution in [0.5, 0.6) is 0 Å². The fraction of sp³-hybridized carbons (Fsp3) is 0.900. The highest BCUT2D eigenvalue weighted by Crippen LogP contribution is 2.05. The highest BCUT2D eigenvalue weighted by Gasteiger charge is 2.05. The molecule has 1 atom stereocenters. The van der Waals surface area contributed by atoms with Crippen LogP contribution in [0.15, 0.2) is 0 Å². The van der Waals surface area contributed by atoms with Gasteiger partial charge < -0.3 is 9.53 Å². The second-order valence-corrected chi connectivity index (χ2v) is 3.04. The molecule has 0 aromatic heterocycles.